The van der Waals surface area contributed by atoms with E-state index < -0.39 is 0 Å². The summed E-state index contributed by atoms with van der Waals surface area (Å²) in [6.45, 7) is 0. The molecule has 2 aromatic heterocycles. The Morgan fingerprint density at radius 2 is 1.04 bits per heavy atom. The van der Waals surface area contributed by atoms with Crippen LogP contribution in [0.4, 0.5) is 0 Å². The van der Waals surface area contributed by atoms with Crippen LogP contribution in [0.25, 0.3) is 78.2 Å². The molecule has 1 N–H and O–H groups in total. The lowest BCUT2D eigenvalue weighted by atomic mass is 9.98. The molecule has 0 spiro atoms. The predicted octanol–water partition coefficient (Wildman–Crippen LogP) is 10.7. The van der Waals surface area contributed by atoms with Gasteiger partial charge in [-0.3, -0.25) is 4.98 Å². The molecular formula is C43H31N3O. The molecule has 0 saturated heterocycles. The fourth-order valence-electron chi connectivity index (χ4n) is 6.31. The van der Waals surface area contributed by atoms with Crippen molar-refractivity contribution in [1.82, 2.24) is 14.5 Å². The molecule has 4 heteroatoms. The number of hydrogen-bond donors (Lipinski definition) is 1. The van der Waals surface area contributed by atoms with Crippen molar-refractivity contribution in [2.45, 2.75) is 0 Å². The summed E-state index contributed by atoms with van der Waals surface area (Å²) < 4.78 is 2.06. The van der Waals surface area contributed by atoms with Crippen LogP contribution >= 0.6 is 0 Å². The summed E-state index contributed by atoms with van der Waals surface area (Å²) in [5.74, 6) is 0.916. The van der Waals surface area contributed by atoms with Gasteiger partial charge in [0, 0.05) is 24.4 Å². The van der Waals surface area contributed by atoms with Crippen molar-refractivity contribution in [3.8, 4) is 72.9 Å². The van der Waals surface area contributed by atoms with Crippen molar-refractivity contribution in [2.75, 3.05) is 0 Å². The molecule has 0 aliphatic rings. The molecule has 0 radical (unpaired) electrons. The van der Waals surface area contributed by atoms with E-state index >= 15 is 0 Å². The number of para-hydroxylation sites is 1. The Bertz CT molecular complexity index is 2360. The summed E-state index contributed by atoms with van der Waals surface area (Å²) in [5.41, 5.74) is 13.4. The minimum Gasteiger partial charge on any atom is -0.507 e. The minimum atomic E-state index is 0.201. The van der Waals surface area contributed by atoms with Crippen LogP contribution in [0.5, 0.6) is 5.75 Å². The maximum absolute atomic E-state index is 10.9. The SMILES string of the molecule is Cn1c(-c2cc(-c3ccccc3)ccc2O)nc2c(-c3cccc(-c4cc(-c5ccc(-c6ccccc6)cc5)ccn4)c3)cccc21. The molecule has 0 atom stereocenters. The van der Waals surface area contributed by atoms with Gasteiger partial charge in [0.2, 0.25) is 0 Å². The van der Waals surface area contributed by atoms with Crippen molar-refractivity contribution >= 4 is 11.0 Å². The third kappa shape index (κ3) is 5.36. The van der Waals surface area contributed by atoms with Crippen molar-refractivity contribution in [3.05, 3.63) is 164 Å². The molecule has 0 fully saturated rings. The molecule has 0 saturated carbocycles. The van der Waals surface area contributed by atoms with E-state index in [1.54, 1.807) is 6.07 Å². The van der Waals surface area contributed by atoms with Gasteiger partial charge in [-0.1, -0.05) is 121 Å². The number of nitrogens with zero attached hydrogens (tertiary/aromatic N) is 3. The van der Waals surface area contributed by atoms with Gasteiger partial charge in [0.05, 0.1) is 22.3 Å². The highest BCUT2D eigenvalue weighted by Gasteiger charge is 2.18. The van der Waals surface area contributed by atoms with Gasteiger partial charge < -0.3 is 9.67 Å². The van der Waals surface area contributed by atoms with Gasteiger partial charge in [-0.2, -0.15) is 0 Å². The number of benzene rings is 6. The fraction of sp³-hybridized carbons (Fsp3) is 0.0233. The molecule has 8 rings (SSSR count). The first-order chi connectivity index (χ1) is 23.1. The van der Waals surface area contributed by atoms with Gasteiger partial charge in [-0.05, 0) is 75.3 Å². The second-order valence-corrected chi connectivity index (χ2v) is 11.7. The summed E-state index contributed by atoms with van der Waals surface area (Å²) in [7, 11) is 2.00. The van der Waals surface area contributed by atoms with Crippen LogP contribution in [0.3, 0.4) is 0 Å². The first-order valence-corrected chi connectivity index (χ1v) is 15.7. The molecular weight excluding hydrogens is 574 g/mol. The standard InChI is InChI=1S/C43H31N3O/c1-46-40-17-9-16-37(42(40)45-43(46)38-27-33(22-23-41(38)47)30-12-6-3-7-13-30)35-14-8-15-36(26-35)39-28-34(24-25-44-39)32-20-18-31(19-21-32)29-10-4-2-5-11-29/h2-28,47H,1H3. The number of phenols is 1. The van der Waals surface area contributed by atoms with Crippen LogP contribution in [0.2, 0.25) is 0 Å². The normalized spacial score (nSPS) is 11.2. The molecule has 0 aliphatic carbocycles. The minimum absolute atomic E-state index is 0.201. The van der Waals surface area contributed by atoms with Crippen molar-refractivity contribution in [1.29, 1.82) is 0 Å². The summed E-state index contributed by atoms with van der Waals surface area (Å²) >= 11 is 0. The van der Waals surface area contributed by atoms with Gasteiger partial charge in [-0.15, -0.1) is 0 Å². The zero-order valence-corrected chi connectivity index (χ0v) is 25.9. The molecule has 8 aromatic rings. The number of hydrogen-bond acceptors (Lipinski definition) is 3. The maximum Gasteiger partial charge on any atom is 0.144 e. The number of imidazole rings is 1. The highest BCUT2D eigenvalue weighted by atomic mass is 16.3. The third-order valence-corrected chi connectivity index (χ3v) is 8.81. The van der Waals surface area contributed by atoms with E-state index in [-0.39, 0.29) is 5.75 Å². The Hall–Kier alpha value is -6.26. The highest BCUT2D eigenvalue weighted by Crippen LogP contribution is 2.38. The van der Waals surface area contributed by atoms with Gasteiger partial charge in [-0.25, -0.2) is 4.98 Å². The molecule has 0 bridgehead atoms. The number of fused-ring (bicyclic) bond motifs is 1. The molecule has 2 heterocycles. The molecule has 0 amide bonds. The Balaban J connectivity index is 1.15. The Morgan fingerprint density at radius 3 is 1.79 bits per heavy atom. The van der Waals surface area contributed by atoms with Crippen LogP contribution in [-0.4, -0.2) is 19.6 Å². The third-order valence-electron chi connectivity index (χ3n) is 8.81. The summed E-state index contributed by atoms with van der Waals surface area (Å²) in [5, 5.41) is 10.9. The molecule has 4 nitrogen and oxygen atoms in total. The number of pyridine rings is 1. The molecule has 6 aromatic carbocycles. The van der Waals surface area contributed by atoms with Crippen LogP contribution in [0.1, 0.15) is 0 Å². The van der Waals surface area contributed by atoms with E-state index in [1.807, 2.05) is 49.6 Å². The molecule has 47 heavy (non-hydrogen) atoms. The fourth-order valence-corrected chi connectivity index (χ4v) is 6.31. The second-order valence-electron chi connectivity index (χ2n) is 11.7. The van der Waals surface area contributed by atoms with Crippen LogP contribution in [0.15, 0.2) is 164 Å². The van der Waals surface area contributed by atoms with Crippen molar-refractivity contribution in [3.63, 3.8) is 0 Å². The average Bonchev–Trinajstić information content (AvgIpc) is 3.48. The van der Waals surface area contributed by atoms with Crippen LogP contribution in [-0.2, 0) is 7.05 Å². The summed E-state index contributed by atoms with van der Waals surface area (Å²) in [6.07, 6.45) is 1.88. The maximum atomic E-state index is 10.9. The second kappa shape index (κ2) is 11.9. The lowest BCUT2D eigenvalue weighted by Crippen LogP contribution is -1.93. The van der Waals surface area contributed by atoms with Gasteiger partial charge in [0.15, 0.2) is 0 Å². The topological polar surface area (TPSA) is 50.9 Å². The van der Waals surface area contributed by atoms with E-state index in [4.69, 9.17) is 9.97 Å². The number of aryl methyl sites for hydroxylation is 1. The van der Waals surface area contributed by atoms with Crippen molar-refractivity contribution < 1.29 is 5.11 Å². The zero-order chi connectivity index (χ0) is 31.7. The molecule has 0 aliphatic heterocycles. The zero-order valence-electron chi connectivity index (χ0n) is 25.9. The Labute approximate surface area is 273 Å². The van der Waals surface area contributed by atoms with Crippen LogP contribution in [0, 0.1) is 0 Å². The Morgan fingerprint density at radius 1 is 0.468 bits per heavy atom. The number of aromatic nitrogens is 3. The average molecular weight is 606 g/mol. The molecule has 0 unspecified atom stereocenters. The lowest BCUT2D eigenvalue weighted by Gasteiger charge is -2.09. The van der Waals surface area contributed by atoms with Gasteiger partial charge in [0.25, 0.3) is 0 Å². The first kappa shape index (κ1) is 28.2. The lowest BCUT2D eigenvalue weighted by molar-refractivity contribution is 0.476. The van der Waals surface area contributed by atoms with Gasteiger partial charge >= 0.3 is 0 Å². The quantitative estimate of drug-likeness (QED) is 0.205. The van der Waals surface area contributed by atoms with E-state index in [0.29, 0.717) is 11.4 Å². The molecule has 224 valence electrons. The van der Waals surface area contributed by atoms with Crippen molar-refractivity contribution in [2.24, 2.45) is 7.05 Å². The monoisotopic (exact) mass is 605 g/mol. The van der Waals surface area contributed by atoms with E-state index in [0.717, 1.165) is 55.7 Å². The highest BCUT2D eigenvalue weighted by molar-refractivity contribution is 5.95. The van der Waals surface area contributed by atoms with Gasteiger partial charge in [0.1, 0.15) is 11.6 Å². The summed E-state index contributed by atoms with van der Waals surface area (Å²) in [6, 6.07) is 53.9. The number of phenolic OH excluding ortho intramolecular Hbond substituents is 1. The largest absolute Gasteiger partial charge is 0.507 e. The summed E-state index contributed by atoms with van der Waals surface area (Å²) in [4.78, 5) is 9.88. The van der Waals surface area contributed by atoms with Crippen LogP contribution < -0.4 is 0 Å². The smallest absolute Gasteiger partial charge is 0.144 e. The number of aromatic hydroxyl groups is 1. The predicted molar refractivity (Wildman–Crippen MR) is 193 cm³/mol. The van der Waals surface area contributed by atoms with E-state index in [1.165, 1.54) is 11.1 Å². The first-order valence-electron chi connectivity index (χ1n) is 15.7. The van der Waals surface area contributed by atoms with E-state index in [2.05, 4.69) is 120 Å². The Kier molecular flexibility index (Phi) is 7.16. The number of rotatable bonds is 6. The van der Waals surface area contributed by atoms with E-state index in [9.17, 15) is 5.11 Å².